The van der Waals surface area contributed by atoms with Crippen molar-refractivity contribution in [3.8, 4) is 11.3 Å². The molecular weight excluding hydrogens is 550 g/mol. The number of aromatic nitrogens is 2. The van der Waals surface area contributed by atoms with Gasteiger partial charge in [0.25, 0.3) is 0 Å². The first-order chi connectivity index (χ1) is 17.1. The van der Waals surface area contributed by atoms with Crippen LogP contribution in [-0.2, 0) is 19.6 Å². The van der Waals surface area contributed by atoms with Gasteiger partial charge >= 0.3 is 6.09 Å². The Hall–Kier alpha value is -3.22. The first kappa shape index (κ1) is 27.4. The number of sulfonamides is 1. The number of carbonyl (C=O) groups excluding carboxylic acids is 2. The van der Waals surface area contributed by atoms with Crippen molar-refractivity contribution in [2.24, 2.45) is 5.92 Å². The maximum absolute atomic E-state index is 13.1. The number of alkyl carbamates (subject to hydrolysis) is 1. The van der Waals surface area contributed by atoms with Crippen LogP contribution in [0.25, 0.3) is 11.3 Å². The summed E-state index contributed by atoms with van der Waals surface area (Å²) in [7, 11) is -2.64. The molecule has 3 rings (SSSR count). The zero-order chi connectivity index (χ0) is 26.3. The molecule has 1 heterocycles. The van der Waals surface area contributed by atoms with E-state index >= 15 is 0 Å². The molecule has 0 saturated heterocycles. The molecule has 12 heteroatoms. The lowest BCUT2D eigenvalue weighted by Crippen LogP contribution is -2.51. The highest BCUT2D eigenvalue weighted by Gasteiger charge is 2.29. The molecule has 4 N–H and O–H groups in total. The molecular formula is C24H28BrN5O5S. The van der Waals surface area contributed by atoms with Crippen LogP contribution in [0.5, 0.6) is 0 Å². The van der Waals surface area contributed by atoms with Crippen molar-refractivity contribution >= 4 is 38.0 Å². The fourth-order valence-electron chi connectivity index (χ4n) is 3.36. The van der Waals surface area contributed by atoms with Gasteiger partial charge in [0.1, 0.15) is 17.9 Å². The highest BCUT2D eigenvalue weighted by molar-refractivity contribution is 9.10. The van der Waals surface area contributed by atoms with Crippen molar-refractivity contribution < 1.29 is 22.7 Å². The van der Waals surface area contributed by atoms with Gasteiger partial charge in [0, 0.05) is 22.8 Å². The van der Waals surface area contributed by atoms with E-state index in [0.29, 0.717) is 11.5 Å². The molecule has 0 aliphatic heterocycles. The summed E-state index contributed by atoms with van der Waals surface area (Å²) < 4.78 is 33.7. The number of nitrogens with zero attached hydrogens (tertiary/aromatic N) is 1. The van der Waals surface area contributed by atoms with Crippen LogP contribution in [0, 0.1) is 5.92 Å². The van der Waals surface area contributed by atoms with E-state index in [0.717, 1.165) is 10.0 Å². The number of methoxy groups -OCH3 is 1. The Morgan fingerprint density at radius 2 is 1.72 bits per heavy atom. The number of halogens is 1. The summed E-state index contributed by atoms with van der Waals surface area (Å²) in [5.74, 6) is -0.431. The quantitative estimate of drug-likeness (QED) is 0.291. The summed E-state index contributed by atoms with van der Waals surface area (Å²) in [6.07, 6.45) is 0.927. The SMILES string of the molecule is COC(=O)N[C@H](C(=O)N[C@@H](CNS(=O)(=O)c1ccccc1)c1nc(-c2ccc(Br)cc2)c[nH]1)C(C)C. The van der Waals surface area contributed by atoms with Crippen LogP contribution in [0.2, 0.25) is 0 Å². The minimum Gasteiger partial charge on any atom is -0.453 e. The largest absolute Gasteiger partial charge is 0.453 e. The van der Waals surface area contributed by atoms with E-state index in [2.05, 4.69) is 46.0 Å². The Balaban J connectivity index is 1.87. The molecule has 0 spiro atoms. The van der Waals surface area contributed by atoms with Gasteiger partial charge in [-0.05, 0) is 30.2 Å². The molecule has 10 nitrogen and oxygen atoms in total. The summed E-state index contributed by atoms with van der Waals surface area (Å²) in [6.45, 7) is 3.36. The highest BCUT2D eigenvalue weighted by Crippen LogP contribution is 2.22. The first-order valence-electron chi connectivity index (χ1n) is 11.1. The molecule has 0 radical (unpaired) electrons. The van der Waals surface area contributed by atoms with E-state index in [1.807, 2.05) is 24.3 Å². The zero-order valence-corrected chi connectivity index (χ0v) is 22.4. The van der Waals surface area contributed by atoms with Gasteiger partial charge in [0.05, 0.1) is 17.7 Å². The topological polar surface area (TPSA) is 142 Å². The number of hydrogen-bond acceptors (Lipinski definition) is 6. The van der Waals surface area contributed by atoms with E-state index in [1.54, 1.807) is 38.2 Å². The molecule has 36 heavy (non-hydrogen) atoms. The average molecular weight is 578 g/mol. The number of H-pyrrole nitrogens is 1. The molecule has 0 fully saturated rings. The van der Waals surface area contributed by atoms with Gasteiger partial charge in [-0.3, -0.25) is 4.79 Å². The number of carbonyl (C=O) groups is 2. The molecule has 0 aliphatic rings. The van der Waals surface area contributed by atoms with Gasteiger partial charge < -0.3 is 20.4 Å². The summed E-state index contributed by atoms with van der Waals surface area (Å²) >= 11 is 3.40. The van der Waals surface area contributed by atoms with Gasteiger partial charge in [-0.25, -0.2) is 22.9 Å². The van der Waals surface area contributed by atoms with Crippen molar-refractivity contribution in [1.29, 1.82) is 0 Å². The van der Waals surface area contributed by atoms with E-state index in [9.17, 15) is 18.0 Å². The van der Waals surface area contributed by atoms with E-state index in [-0.39, 0.29) is 17.4 Å². The second-order valence-corrected chi connectivity index (χ2v) is 10.9. The zero-order valence-electron chi connectivity index (χ0n) is 20.0. The molecule has 0 saturated carbocycles. The maximum atomic E-state index is 13.1. The fourth-order valence-corrected chi connectivity index (χ4v) is 4.69. The maximum Gasteiger partial charge on any atom is 0.407 e. The number of amides is 2. The summed E-state index contributed by atoms with van der Waals surface area (Å²) in [4.78, 5) is 32.6. The Labute approximate surface area is 218 Å². The predicted octanol–water partition coefficient (Wildman–Crippen LogP) is 3.36. The van der Waals surface area contributed by atoms with E-state index in [1.165, 1.54) is 19.2 Å². The van der Waals surface area contributed by atoms with Crippen LogP contribution < -0.4 is 15.4 Å². The number of benzene rings is 2. The van der Waals surface area contributed by atoms with Crippen molar-refractivity contribution in [3.05, 3.63) is 71.1 Å². The number of ether oxygens (including phenoxy) is 1. The summed E-state index contributed by atoms with van der Waals surface area (Å²) in [5.41, 5.74) is 1.46. The summed E-state index contributed by atoms with van der Waals surface area (Å²) in [6, 6.07) is 13.7. The van der Waals surface area contributed by atoms with Crippen molar-refractivity contribution in [3.63, 3.8) is 0 Å². The number of imidazole rings is 1. The Kier molecular flexibility index (Phi) is 9.24. The Morgan fingerprint density at radius 1 is 1.06 bits per heavy atom. The van der Waals surface area contributed by atoms with Crippen LogP contribution in [0.3, 0.4) is 0 Å². The van der Waals surface area contributed by atoms with Crippen LogP contribution in [0.1, 0.15) is 25.7 Å². The van der Waals surface area contributed by atoms with Crippen molar-refractivity contribution in [2.45, 2.75) is 30.8 Å². The number of nitrogens with one attached hydrogen (secondary N) is 4. The number of aromatic amines is 1. The minimum absolute atomic E-state index is 0.0949. The van der Waals surface area contributed by atoms with Gasteiger partial charge in [-0.1, -0.05) is 60.1 Å². The fraction of sp³-hybridized carbons (Fsp3) is 0.292. The lowest BCUT2D eigenvalue weighted by molar-refractivity contribution is -0.124. The van der Waals surface area contributed by atoms with Gasteiger partial charge in [0.15, 0.2) is 0 Å². The molecule has 2 amide bonds. The first-order valence-corrected chi connectivity index (χ1v) is 13.4. The van der Waals surface area contributed by atoms with E-state index in [4.69, 9.17) is 0 Å². The summed E-state index contributed by atoms with van der Waals surface area (Å²) in [5, 5.41) is 5.32. The molecule has 0 unspecified atom stereocenters. The third kappa shape index (κ3) is 7.15. The van der Waals surface area contributed by atoms with Crippen LogP contribution in [0.4, 0.5) is 4.79 Å². The van der Waals surface area contributed by atoms with Crippen LogP contribution in [0.15, 0.2) is 70.2 Å². The second kappa shape index (κ2) is 12.2. The molecule has 0 bridgehead atoms. The van der Waals surface area contributed by atoms with Crippen LogP contribution >= 0.6 is 15.9 Å². The minimum atomic E-state index is -3.85. The van der Waals surface area contributed by atoms with Crippen LogP contribution in [-0.4, -0.2) is 50.1 Å². The Bertz CT molecular complexity index is 1280. The van der Waals surface area contributed by atoms with Gasteiger partial charge in [-0.15, -0.1) is 0 Å². The normalized spacial score (nSPS) is 13.1. The van der Waals surface area contributed by atoms with Gasteiger partial charge in [0.2, 0.25) is 15.9 Å². The average Bonchev–Trinajstić information content (AvgIpc) is 3.35. The van der Waals surface area contributed by atoms with E-state index < -0.39 is 34.1 Å². The third-order valence-corrected chi connectivity index (χ3v) is 7.29. The van der Waals surface area contributed by atoms with Gasteiger partial charge in [-0.2, -0.15) is 0 Å². The Morgan fingerprint density at radius 3 is 2.33 bits per heavy atom. The molecule has 2 atom stereocenters. The van der Waals surface area contributed by atoms with Crippen molar-refractivity contribution in [1.82, 2.24) is 25.3 Å². The number of hydrogen-bond donors (Lipinski definition) is 4. The molecule has 192 valence electrons. The van der Waals surface area contributed by atoms with Crippen molar-refractivity contribution in [2.75, 3.05) is 13.7 Å². The molecule has 1 aromatic heterocycles. The monoisotopic (exact) mass is 577 g/mol. The lowest BCUT2D eigenvalue weighted by atomic mass is 10.0. The molecule has 3 aromatic rings. The smallest absolute Gasteiger partial charge is 0.407 e. The second-order valence-electron chi connectivity index (χ2n) is 8.26. The lowest BCUT2D eigenvalue weighted by Gasteiger charge is -2.24. The third-order valence-electron chi connectivity index (χ3n) is 5.32. The standard InChI is InChI=1S/C24H28BrN5O5S/c1-15(2)21(30-24(32)35-3)23(31)29-20(14-27-36(33,34)18-7-5-4-6-8-18)22-26-13-19(28-22)16-9-11-17(25)12-10-16/h4-13,15,20-21,27H,14H2,1-3H3,(H,26,28)(H,29,31)(H,30,32)/t20-,21-/m0/s1. The molecule has 0 aliphatic carbocycles. The predicted molar refractivity (Wildman–Crippen MR) is 138 cm³/mol. The number of rotatable bonds is 10. The molecule has 2 aromatic carbocycles. The highest BCUT2D eigenvalue weighted by atomic mass is 79.9.